The summed E-state index contributed by atoms with van der Waals surface area (Å²) in [6, 6.07) is 0. The molecule has 6 nitrogen and oxygen atoms in total. The van der Waals surface area contributed by atoms with Crippen LogP contribution in [-0.2, 0) is 17.9 Å². The topological polar surface area (TPSA) is 64.7 Å². The molecule has 0 aromatic carbocycles. The summed E-state index contributed by atoms with van der Waals surface area (Å²) in [6.45, 7) is 4.00. The molecular formula is C13H17Br2N5O. The van der Waals surface area contributed by atoms with Crippen molar-refractivity contribution in [1.29, 1.82) is 0 Å². The number of carbonyl (C=O) groups is 1. The first-order valence-electron chi connectivity index (χ1n) is 6.69. The molecule has 2 rings (SSSR count). The molecular weight excluding hydrogens is 402 g/mol. The lowest BCUT2D eigenvalue weighted by molar-refractivity contribution is -0.121. The Labute approximate surface area is 140 Å². The molecule has 2 heterocycles. The average Bonchev–Trinajstić information content (AvgIpc) is 3.01. The molecule has 0 spiro atoms. The molecule has 1 amide bonds. The van der Waals surface area contributed by atoms with Crippen LogP contribution in [0.3, 0.4) is 0 Å². The van der Waals surface area contributed by atoms with Crippen LogP contribution in [0.25, 0.3) is 0 Å². The van der Waals surface area contributed by atoms with Gasteiger partial charge in [-0.15, -0.1) is 0 Å². The molecule has 0 radical (unpaired) electrons. The molecule has 0 bridgehead atoms. The highest BCUT2D eigenvalue weighted by molar-refractivity contribution is 9.10. The quantitative estimate of drug-likeness (QED) is 0.702. The van der Waals surface area contributed by atoms with Gasteiger partial charge in [-0.1, -0.05) is 0 Å². The van der Waals surface area contributed by atoms with E-state index in [1.165, 1.54) is 0 Å². The molecule has 2 aromatic heterocycles. The van der Waals surface area contributed by atoms with E-state index in [0.29, 0.717) is 19.5 Å². The third-order valence-corrected chi connectivity index (χ3v) is 4.27. The third kappa shape index (κ3) is 4.96. The normalized spacial score (nSPS) is 10.8. The zero-order chi connectivity index (χ0) is 15.2. The highest BCUT2D eigenvalue weighted by atomic mass is 79.9. The Balaban J connectivity index is 1.62. The Morgan fingerprint density at radius 1 is 1.29 bits per heavy atom. The van der Waals surface area contributed by atoms with E-state index < -0.39 is 0 Å². The van der Waals surface area contributed by atoms with Gasteiger partial charge in [0.1, 0.15) is 0 Å². The summed E-state index contributed by atoms with van der Waals surface area (Å²) in [4.78, 5) is 11.8. The molecule has 0 aliphatic heterocycles. The Kier molecular flexibility index (Phi) is 5.98. The summed E-state index contributed by atoms with van der Waals surface area (Å²) >= 11 is 6.75. The minimum absolute atomic E-state index is 0.0441. The van der Waals surface area contributed by atoms with Crippen LogP contribution in [0.2, 0.25) is 0 Å². The van der Waals surface area contributed by atoms with Crippen LogP contribution in [0.5, 0.6) is 0 Å². The van der Waals surface area contributed by atoms with Crippen LogP contribution in [0.4, 0.5) is 0 Å². The number of rotatable bonds is 7. The zero-order valence-electron chi connectivity index (χ0n) is 11.7. The number of nitrogens with zero attached hydrogens (tertiary/aromatic N) is 4. The second-order valence-corrected chi connectivity index (χ2v) is 6.45. The summed E-state index contributed by atoms with van der Waals surface area (Å²) in [5, 5.41) is 11.3. The second-order valence-electron chi connectivity index (χ2n) is 4.68. The summed E-state index contributed by atoms with van der Waals surface area (Å²) in [5.41, 5.74) is 1.03. The molecule has 0 unspecified atom stereocenters. The van der Waals surface area contributed by atoms with Gasteiger partial charge in [0.15, 0.2) is 0 Å². The molecule has 1 N–H and O–H groups in total. The summed E-state index contributed by atoms with van der Waals surface area (Å²) in [7, 11) is 0. The lowest BCUT2D eigenvalue weighted by Crippen LogP contribution is -2.26. The molecule has 21 heavy (non-hydrogen) atoms. The van der Waals surface area contributed by atoms with E-state index in [-0.39, 0.29) is 5.91 Å². The molecule has 0 atom stereocenters. The molecule has 0 saturated heterocycles. The van der Waals surface area contributed by atoms with Crippen LogP contribution in [0.1, 0.15) is 18.5 Å². The summed E-state index contributed by atoms with van der Waals surface area (Å²) in [5.74, 6) is 0.0441. The fourth-order valence-corrected chi connectivity index (χ4v) is 2.50. The summed E-state index contributed by atoms with van der Waals surface area (Å²) in [6.07, 6.45) is 6.70. The van der Waals surface area contributed by atoms with Gasteiger partial charge in [-0.25, -0.2) is 0 Å². The number of nitrogens with one attached hydrogen (secondary N) is 1. The van der Waals surface area contributed by atoms with E-state index in [4.69, 9.17) is 0 Å². The van der Waals surface area contributed by atoms with Gasteiger partial charge < -0.3 is 5.32 Å². The minimum Gasteiger partial charge on any atom is -0.356 e. The average molecular weight is 419 g/mol. The molecule has 0 aliphatic rings. The zero-order valence-corrected chi connectivity index (χ0v) is 14.9. The maximum Gasteiger partial charge on any atom is 0.221 e. The molecule has 0 saturated carbocycles. The number of aromatic nitrogens is 4. The van der Waals surface area contributed by atoms with Crippen LogP contribution in [-0.4, -0.2) is 32.0 Å². The highest BCUT2D eigenvalue weighted by Gasteiger charge is 2.06. The third-order valence-electron chi connectivity index (χ3n) is 3.08. The van der Waals surface area contributed by atoms with Crippen LogP contribution < -0.4 is 5.32 Å². The van der Waals surface area contributed by atoms with Gasteiger partial charge in [0, 0.05) is 37.9 Å². The monoisotopic (exact) mass is 417 g/mol. The van der Waals surface area contributed by atoms with Crippen molar-refractivity contribution in [1.82, 2.24) is 24.9 Å². The van der Waals surface area contributed by atoms with E-state index in [0.717, 1.165) is 27.6 Å². The number of aryl methyl sites for hydroxylation is 2. The number of amides is 1. The molecule has 2 aromatic rings. The van der Waals surface area contributed by atoms with E-state index in [2.05, 4.69) is 47.4 Å². The van der Waals surface area contributed by atoms with E-state index in [1.807, 2.05) is 22.5 Å². The van der Waals surface area contributed by atoms with Crippen LogP contribution >= 0.6 is 31.9 Å². The van der Waals surface area contributed by atoms with Crippen LogP contribution in [0.15, 0.2) is 27.5 Å². The van der Waals surface area contributed by atoms with Gasteiger partial charge in [-0.05, 0) is 45.2 Å². The Morgan fingerprint density at radius 3 is 2.71 bits per heavy atom. The minimum atomic E-state index is 0.0441. The predicted molar refractivity (Wildman–Crippen MR) is 86.8 cm³/mol. The van der Waals surface area contributed by atoms with Crippen molar-refractivity contribution in [2.75, 3.05) is 6.54 Å². The fraction of sp³-hybridized carbons (Fsp3) is 0.462. The smallest absolute Gasteiger partial charge is 0.221 e. The van der Waals surface area contributed by atoms with Crippen molar-refractivity contribution in [3.63, 3.8) is 0 Å². The Morgan fingerprint density at radius 2 is 2.10 bits per heavy atom. The Bertz CT molecular complexity index is 607. The fourth-order valence-electron chi connectivity index (χ4n) is 1.87. The van der Waals surface area contributed by atoms with Gasteiger partial charge in [-0.3, -0.25) is 14.2 Å². The SMILES string of the molecule is Cc1c(Br)cnn1CCC(=O)NCCCn1cc(Br)cn1. The molecule has 8 heteroatoms. The number of hydrogen-bond acceptors (Lipinski definition) is 3. The van der Waals surface area contributed by atoms with Gasteiger partial charge in [0.25, 0.3) is 0 Å². The predicted octanol–water partition coefficient (Wildman–Crippen LogP) is 2.51. The van der Waals surface area contributed by atoms with Gasteiger partial charge >= 0.3 is 0 Å². The van der Waals surface area contributed by atoms with Crippen molar-refractivity contribution in [3.8, 4) is 0 Å². The first-order valence-corrected chi connectivity index (χ1v) is 8.27. The first kappa shape index (κ1) is 16.2. The largest absolute Gasteiger partial charge is 0.356 e. The Hall–Kier alpha value is -1.15. The van der Waals surface area contributed by atoms with Gasteiger partial charge in [0.2, 0.25) is 5.91 Å². The molecule has 114 valence electrons. The summed E-state index contributed by atoms with van der Waals surface area (Å²) < 4.78 is 5.60. The van der Waals surface area contributed by atoms with Crippen molar-refractivity contribution in [2.24, 2.45) is 0 Å². The lowest BCUT2D eigenvalue weighted by Gasteiger charge is -2.07. The van der Waals surface area contributed by atoms with Gasteiger partial charge in [0.05, 0.1) is 21.3 Å². The van der Waals surface area contributed by atoms with Crippen molar-refractivity contribution in [3.05, 3.63) is 33.2 Å². The second kappa shape index (κ2) is 7.74. The maximum absolute atomic E-state index is 11.8. The van der Waals surface area contributed by atoms with Gasteiger partial charge in [-0.2, -0.15) is 10.2 Å². The highest BCUT2D eigenvalue weighted by Crippen LogP contribution is 2.14. The molecule has 0 fully saturated rings. The molecule has 0 aliphatic carbocycles. The number of halogens is 2. The first-order chi connectivity index (χ1) is 10.1. The van der Waals surface area contributed by atoms with Crippen molar-refractivity contribution < 1.29 is 4.79 Å². The maximum atomic E-state index is 11.8. The van der Waals surface area contributed by atoms with E-state index in [1.54, 1.807) is 12.4 Å². The van der Waals surface area contributed by atoms with E-state index >= 15 is 0 Å². The standard InChI is InChI=1S/C13H17Br2N5O/c1-10-12(15)8-18-20(10)6-3-13(21)16-4-2-5-19-9-11(14)7-17-19/h7-9H,2-6H2,1H3,(H,16,21). The van der Waals surface area contributed by atoms with Crippen molar-refractivity contribution >= 4 is 37.8 Å². The van der Waals surface area contributed by atoms with Crippen molar-refractivity contribution in [2.45, 2.75) is 32.9 Å². The number of hydrogen-bond donors (Lipinski definition) is 1. The van der Waals surface area contributed by atoms with Crippen LogP contribution in [0, 0.1) is 6.92 Å². The lowest BCUT2D eigenvalue weighted by atomic mass is 10.3. The number of carbonyl (C=O) groups excluding carboxylic acids is 1. The van der Waals surface area contributed by atoms with E-state index in [9.17, 15) is 4.79 Å².